The molecule has 0 radical (unpaired) electrons. The van der Waals surface area contributed by atoms with Crippen LogP contribution in [0.5, 0.6) is 0 Å². The molecule has 16 heavy (non-hydrogen) atoms. The zero-order chi connectivity index (χ0) is 11.9. The van der Waals surface area contributed by atoms with Gasteiger partial charge < -0.3 is 15.4 Å². The Labute approximate surface area is 103 Å². The molecule has 1 heterocycles. The fraction of sp³-hybridized carbons (Fsp3) is 0.333. The molecule has 1 aromatic carbocycles. The molecule has 3 N–H and O–H groups in total. The van der Waals surface area contributed by atoms with Crippen molar-refractivity contribution >= 4 is 26.8 Å². The number of fused-ring (bicyclic) bond motifs is 1. The first-order valence-electron chi connectivity index (χ1n) is 5.18. The molecule has 86 valence electrons. The van der Waals surface area contributed by atoms with Crippen molar-refractivity contribution in [2.45, 2.75) is 13.0 Å². The molecule has 1 aromatic heterocycles. The maximum absolute atomic E-state index is 9.96. The first-order valence-corrected chi connectivity index (χ1v) is 5.98. The third-order valence-electron chi connectivity index (χ3n) is 3.06. The van der Waals surface area contributed by atoms with Gasteiger partial charge in [0.2, 0.25) is 0 Å². The Hall–Kier alpha value is -0.840. The van der Waals surface area contributed by atoms with Crippen LogP contribution in [-0.2, 0) is 7.05 Å². The first-order chi connectivity index (χ1) is 7.56. The van der Waals surface area contributed by atoms with Crippen molar-refractivity contribution in [1.29, 1.82) is 0 Å². The van der Waals surface area contributed by atoms with Crippen LogP contribution in [0, 0.1) is 6.92 Å². The minimum Gasteiger partial charge on any atom is -0.387 e. The van der Waals surface area contributed by atoms with Crippen molar-refractivity contribution in [2.75, 3.05) is 6.54 Å². The van der Waals surface area contributed by atoms with Crippen LogP contribution in [0.15, 0.2) is 22.7 Å². The number of nitrogens with two attached hydrogens (primary N) is 1. The van der Waals surface area contributed by atoms with Crippen LogP contribution < -0.4 is 5.73 Å². The van der Waals surface area contributed by atoms with Crippen LogP contribution in [0.1, 0.15) is 17.4 Å². The Balaban J connectivity index is 2.80. The lowest BCUT2D eigenvalue weighted by Crippen LogP contribution is -2.12. The van der Waals surface area contributed by atoms with Crippen LogP contribution in [0.3, 0.4) is 0 Å². The lowest BCUT2D eigenvalue weighted by molar-refractivity contribution is 0.187. The Kier molecular flexibility index (Phi) is 3.06. The average molecular weight is 283 g/mol. The first kappa shape index (κ1) is 11.6. The van der Waals surface area contributed by atoms with Crippen molar-refractivity contribution in [1.82, 2.24) is 4.57 Å². The van der Waals surface area contributed by atoms with Gasteiger partial charge in [-0.2, -0.15) is 0 Å². The summed E-state index contributed by atoms with van der Waals surface area (Å²) in [7, 11) is 2.00. The molecular formula is C12H15BrN2O. The van der Waals surface area contributed by atoms with Gasteiger partial charge in [-0.1, -0.05) is 15.9 Å². The summed E-state index contributed by atoms with van der Waals surface area (Å²) in [6.45, 7) is 2.24. The number of hydrogen-bond acceptors (Lipinski definition) is 2. The molecule has 0 saturated heterocycles. The van der Waals surface area contributed by atoms with Crippen molar-refractivity contribution in [3.63, 3.8) is 0 Å². The van der Waals surface area contributed by atoms with Crippen molar-refractivity contribution in [2.24, 2.45) is 12.8 Å². The smallest absolute Gasteiger partial charge is 0.0935 e. The average Bonchev–Trinajstić information content (AvgIpc) is 2.51. The van der Waals surface area contributed by atoms with Crippen molar-refractivity contribution in [3.8, 4) is 0 Å². The van der Waals surface area contributed by atoms with Crippen molar-refractivity contribution in [3.05, 3.63) is 33.9 Å². The van der Waals surface area contributed by atoms with E-state index in [0.29, 0.717) is 0 Å². The fourth-order valence-corrected chi connectivity index (χ4v) is 2.47. The monoisotopic (exact) mass is 282 g/mol. The molecule has 0 spiro atoms. The molecular weight excluding hydrogens is 268 g/mol. The molecule has 0 saturated carbocycles. The molecule has 0 aliphatic rings. The summed E-state index contributed by atoms with van der Waals surface area (Å²) in [4.78, 5) is 0. The van der Waals surface area contributed by atoms with Crippen molar-refractivity contribution < 1.29 is 5.11 Å². The predicted molar refractivity (Wildman–Crippen MR) is 69.4 cm³/mol. The number of aliphatic hydroxyl groups is 1. The molecule has 0 amide bonds. The Bertz CT molecular complexity index is 533. The van der Waals surface area contributed by atoms with E-state index in [1.54, 1.807) is 0 Å². The number of nitrogens with zero attached hydrogens (tertiary/aromatic N) is 1. The summed E-state index contributed by atoms with van der Waals surface area (Å²) in [5.74, 6) is 0. The van der Waals surface area contributed by atoms with Gasteiger partial charge >= 0.3 is 0 Å². The third kappa shape index (κ3) is 1.67. The summed E-state index contributed by atoms with van der Waals surface area (Å²) in [5.41, 5.74) is 8.65. The zero-order valence-electron chi connectivity index (χ0n) is 9.37. The lowest BCUT2D eigenvalue weighted by atomic mass is 10.1. The second-order valence-corrected chi connectivity index (χ2v) is 4.89. The molecule has 1 unspecified atom stereocenters. The summed E-state index contributed by atoms with van der Waals surface area (Å²) in [5, 5.41) is 11.0. The molecule has 0 aliphatic carbocycles. The molecule has 4 heteroatoms. The number of rotatable bonds is 2. The highest BCUT2D eigenvalue weighted by Gasteiger charge is 2.17. The minimum atomic E-state index is -0.599. The van der Waals surface area contributed by atoms with E-state index in [1.165, 1.54) is 0 Å². The van der Waals surface area contributed by atoms with Gasteiger partial charge in [0.15, 0.2) is 0 Å². The Morgan fingerprint density at radius 2 is 2.19 bits per heavy atom. The summed E-state index contributed by atoms with van der Waals surface area (Å²) in [6, 6.07) is 6.07. The normalized spacial score (nSPS) is 13.3. The Morgan fingerprint density at radius 3 is 2.81 bits per heavy atom. The van der Waals surface area contributed by atoms with Gasteiger partial charge in [0.1, 0.15) is 0 Å². The van der Waals surface area contributed by atoms with E-state index in [1.807, 2.05) is 32.2 Å². The van der Waals surface area contributed by atoms with Crippen LogP contribution in [0.4, 0.5) is 0 Å². The maximum atomic E-state index is 9.96. The van der Waals surface area contributed by atoms with E-state index in [4.69, 9.17) is 5.73 Å². The predicted octanol–water partition coefficient (Wildman–Crippen LogP) is 2.24. The summed E-state index contributed by atoms with van der Waals surface area (Å²) >= 11 is 3.45. The Morgan fingerprint density at radius 1 is 1.50 bits per heavy atom. The molecule has 2 rings (SSSR count). The van der Waals surface area contributed by atoms with Gasteiger partial charge in [0.25, 0.3) is 0 Å². The van der Waals surface area contributed by atoms with Gasteiger partial charge in [-0.15, -0.1) is 0 Å². The largest absolute Gasteiger partial charge is 0.387 e. The molecule has 3 nitrogen and oxygen atoms in total. The van der Waals surface area contributed by atoms with Gasteiger partial charge in [-0.05, 0) is 25.1 Å². The van der Waals surface area contributed by atoms with Gasteiger partial charge in [-0.25, -0.2) is 0 Å². The number of aromatic nitrogens is 1. The van der Waals surface area contributed by atoms with E-state index >= 15 is 0 Å². The SMILES string of the molecule is Cc1c(C(O)CN)c2cc(Br)ccc2n1C. The zero-order valence-corrected chi connectivity index (χ0v) is 11.0. The number of halogens is 1. The van der Waals surface area contributed by atoms with Gasteiger partial charge in [-0.3, -0.25) is 0 Å². The minimum absolute atomic E-state index is 0.243. The number of hydrogen-bond donors (Lipinski definition) is 2. The molecule has 0 aliphatic heterocycles. The van der Waals surface area contributed by atoms with Gasteiger partial charge in [0, 0.05) is 40.2 Å². The van der Waals surface area contributed by atoms with Crippen LogP contribution in [-0.4, -0.2) is 16.2 Å². The third-order valence-corrected chi connectivity index (χ3v) is 3.55. The quantitative estimate of drug-likeness (QED) is 0.888. The van der Waals surface area contributed by atoms with E-state index < -0.39 is 6.10 Å². The molecule has 0 bridgehead atoms. The highest BCUT2D eigenvalue weighted by molar-refractivity contribution is 9.10. The molecule has 1 atom stereocenters. The van der Waals surface area contributed by atoms with Crippen LogP contribution >= 0.6 is 15.9 Å². The van der Waals surface area contributed by atoms with Crippen LogP contribution in [0.25, 0.3) is 10.9 Å². The fourth-order valence-electron chi connectivity index (χ4n) is 2.11. The van der Waals surface area contributed by atoms with E-state index in [-0.39, 0.29) is 6.54 Å². The van der Waals surface area contributed by atoms with Crippen LogP contribution in [0.2, 0.25) is 0 Å². The van der Waals surface area contributed by atoms with Gasteiger partial charge in [0.05, 0.1) is 6.10 Å². The van der Waals surface area contributed by atoms with E-state index in [9.17, 15) is 5.11 Å². The standard InChI is InChI=1S/C12H15BrN2O/c1-7-12(11(16)6-14)9-5-8(13)3-4-10(9)15(7)2/h3-5,11,16H,6,14H2,1-2H3. The summed E-state index contributed by atoms with van der Waals surface area (Å²) in [6.07, 6.45) is -0.599. The number of aliphatic hydroxyl groups excluding tert-OH is 1. The number of benzene rings is 1. The highest BCUT2D eigenvalue weighted by atomic mass is 79.9. The second kappa shape index (κ2) is 4.20. The van der Waals surface area contributed by atoms with E-state index in [2.05, 4.69) is 20.5 Å². The molecule has 0 fully saturated rings. The molecule has 2 aromatic rings. The maximum Gasteiger partial charge on any atom is 0.0935 e. The van der Waals surface area contributed by atoms with E-state index in [0.717, 1.165) is 26.6 Å². The number of aryl methyl sites for hydroxylation is 1. The second-order valence-electron chi connectivity index (χ2n) is 3.97. The highest BCUT2D eigenvalue weighted by Crippen LogP contribution is 2.31. The topological polar surface area (TPSA) is 51.2 Å². The lowest BCUT2D eigenvalue weighted by Gasteiger charge is -2.08. The summed E-state index contributed by atoms with van der Waals surface area (Å²) < 4.78 is 3.09.